The molecule has 0 radical (unpaired) electrons. The molecule has 2 N–H and O–H groups in total. The predicted octanol–water partition coefficient (Wildman–Crippen LogP) is 5.04. The van der Waals surface area contributed by atoms with Gasteiger partial charge in [-0.15, -0.1) is 0 Å². The number of carbonyl (C=O) groups is 3. The maximum Gasteiger partial charge on any atom is 0.343 e. The number of hydrazone groups is 1. The summed E-state index contributed by atoms with van der Waals surface area (Å²) in [6, 6.07) is 24.9. The van der Waals surface area contributed by atoms with Crippen LogP contribution in [0.1, 0.15) is 45.2 Å². The maximum atomic E-state index is 12.8. The molecule has 0 saturated heterocycles. The molecule has 198 valence electrons. The largest absolute Gasteiger partial charge is 0.494 e. The van der Waals surface area contributed by atoms with E-state index in [1.54, 1.807) is 48.5 Å². The van der Waals surface area contributed by atoms with Crippen molar-refractivity contribution in [2.75, 3.05) is 13.2 Å². The van der Waals surface area contributed by atoms with E-state index in [4.69, 9.17) is 9.47 Å². The van der Waals surface area contributed by atoms with Gasteiger partial charge < -0.3 is 14.8 Å². The van der Waals surface area contributed by atoms with Gasteiger partial charge in [0, 0.05) is 11.1 Å². The van der Waals surface area contributed by atoms with Crippen molar-refractivity contribution in [1.29, 1.82) is 0 Å². The lowest BCUT2D eigenvalue weighted by Gasteiger charge is -2.11. The van der Waals surface area contributed by atoms with Crippen LogP contribution in [-0.2, 0) is 4.79 Å². The number of rotatable bonds is 10. The average Bonchev–Trinajstić information content (AvgIpc) is 2.96. The number of nitrogens with one attached hydrogen (secondary N) is 2. The van der Waals surface area contributed by atoms with Gasteiger partial charge in [-0.05, 0) is 66.6 Å². The SMILES string of the molecule is CCCOc1ccc(C(=O)NCC(=O)NN=Cc2c(OC(=O)c3cccc(C)c3)ccc3ccccc23)cc1. The summed E-state index contributed by atoms with van der Waals surface area (Å²) in [6.07, 6.45) is 2.32. The minimum atomic E-state index is -0.513. The van der Waals surface area contributed by atoms with Crippen LogP contribution in [0.5, 0.6) is 11.5 Å². The minimum absolute atomic E-state index is 0.269. The number of amides is 2. The zero-order valence-corrected chi connectivity index (χ0v) is 21.8. The standard InChI is InChI=1S/C31H29N3O5/c1-3-17-38-25-14-11-23(12-15-25)30(36)32-20-29(35)34-33-19-27-26-10-5-4-8-22(26)13-16-28(27)39-31(37)24-9-6-7-21(2)18-24/h4-16,18-19H,3,17,20H2,1-2H3,(H,32,36)(H,34,35). The molecule has 0 fully saturated rings. The third-order valence-corrected chi connectivity index (χ3v) is 5.77. The molecule has 0 atom stereocenters. The number of hydrogen-bond donors (Lipinski definition) is 2. The zero-order valence-electron chi connectivity index (χ0n) is 21.8. The Morgan fingerprint density at radius 1 is 0.897 bits per heavy atom. The molecule has 4 rings (SSSR count). The smallest absolute Gasteiger partial charge is 0.343 e. The highest BCUT2D eigenvalue weighted by molar-refractivity contribution is 6.04. The Bertz CT molecular complexity index is 1510. The monoisotopic (exact) mass is 523 g/mol. The van der Waals surface area contributed by atoms with Gasteiger partial charge in [-0.1, -0.05) is 55.0 Å². The Kier molecular flexibility index (Phi) is 9.03. The molecular weight excluding hydrogens is 494 g/mol. The number of carbonyl (C=O) groups excluding carboxylic acids is 3. The van der Waals surface area contributed by atoms with Gasteiger partial charge in [-0.25, -0.2) is 10.2 Å². The van der Waals surface area contributed by atoms with Crippen molar-refractivity contribution >= 4 is 34.8 Å². The van der Waals surface area contributed by atoms with E-state index in [1.165, 1.54) is 6.21 Å². The van der Waals surface area contributed by atoms with Gasteiger partial charge in [0.25, 0.3) is 11.8 Å². The normalized spacial score (nSPS) is 10.8. The van der Waals surface area contributed by atoms with E-state index in [9.17, 15) is 14.4 Å². The molecule has 0 saturated carbocycles. The second-order valence-electron chi connectivity index (χ2n) is 8.81. The van der Waals surface area contributed by atoms with Crippen LogP contribution in [0.4, 0.5) is 0 Å². The van der Waals surface area contributed by atoms with Crippen molar-refractivity contribution in [3.63, 3.8) is 0 Å². The van der Waals surface area contributed by atoms with Gasteiger partial charge in [0.05, 0.1) is 24.9 Å². The molecule has 0 unspecified atom stereocenters. The summed E-state index contributed by atoms with van der Waals surface area (Å²) >= 11 is 0. The van der Waals surface area contributed by atoms with Gasteiger partial charge in [0.1, 0.15) is 11.5 Å². The lowest BCUT2D eigenvalue weighted by Crippen LogP contribution is -2.34. The first-order valence-corrected chi connectivity index (χ1v) is 12.6. The zero-order chi connectivity index (χ0) is 27.6. The first-order chi connectivity index (χ1) is 18.9. The fourth-order valence-electron chi connectivity index (χ4n) is 3.82. The van der Waals surface area contributed by atoms with Crippen LogP contribution in [0.2, 0.25) is 0 Å². The van der Waals surface area contributed by atoms with E-state index in [0.717, 1.165) is 22.8 Å². The highest BCUT2D eigenvalue weighted by atomic mass is 16.5. The third-order valence-electron chi connectivity index (χ3n) is 5.77. The van der Waals surface area contributed by atoms with E-state index in [1.807, 2.05) is 50.2 Å². The number of hydrogen-bond acceptors (Lipinski definition) is 6. The van der Waals surface area contributed by atoms with Crippen LogP contribution in [-0.4, -0.2) is 37.1 Å². The molecule has 0 spiro atoms. The van der Waals surface area contributed by atoms with Crippen LogP contribution >= 0.6 is 0 Å². The first-order valence-electron chi connectivity index (χ1n) is 12.6. The van der Waals surface area contributed by atoms with Gasteiger partial charge in [0.2, 0.25) is 0 Å². The summed E-state index contributed by atoms with van der Waals surface area (Å²) in [5, 5.41) is 8.33. The molecule has 2 amide bonds. The molecule has 8 heteroatoms. The average molecular weight is 524 g/mol. The van der Waals surface area contributed by atoms with E-state index in [-0.39, 0.29) is 6.54 Å². The van der Waals surface area contributed by atoms with Crippen molar-refractivity contribution in [2.24, 2.45) is 5.10 Å². The van der Waals surface area contributed by atoms with Crippen molar-refractivity contribution in [3.05, 3.63) is 107 Å². The Hall–Kier alpha value is -4.98. The molecule has 0 aliphatic heterocycles. The van der Waals surface area contributed by atoms with Crippen LogP contribution in [0, 0.1) is 6.92 Å². The van der Waals surface area contributed by atoms with Crippen LogP contribution in [0.3, 0.4) is 0 Å². The minimum Gasteiger partial charge on any atom is -0.494 e. The number of nitrogens with zero attached hydrogens (tertiary/aromatic N) is 1. The summed E-state index contributed by atoms with van der Waals surface area (Å²) < 4.78 is 11.2. The van der Waals surface area contributed by atoms with Gasteiger partial charge in [-0.2, -0.15) is 5.10 Å². The van der Waals surface area contributed by atoms with Crippen molar-refractivity contribution in [2.45, 2.75) is 20.3 Å². The van der Waals surface area contributed by atoms with E-state index in [0.29, 0.717) is 34.8 Å². The fourth-order valence-corrected chi connectivity index (χ4v) is 3.82. The molecule has 4 aromatic rings. The first kappa shape index (κ1) is 27.1. The predicted molar refractivity (Wildman–Crippen MR) is 150 cm³/mol. The van der Waals surface area contributed by atoms with Crippen molar-refractivity contribution < 1.29 is 23.9 Å². The van der Waals surface area contributed by atoms with Gasteiger partial charge in [-0.3, -0.25) is 9.59 Å². The molecule has 0 bridgehead atoms. The highest BCUT2D eigenvalue weighted by Gasteiger charge is 2.14. The Morgan fingerprint density at radius 2 is 1.69 bits per heavy atom. The van der Waals surface area contributed by atoms with Crippen LogP contribution in [0.25, 0.3) is 10.8 Å². The number of ether oxygens (including phenoxy) is 2. The Balaban J connectivity index is 1.41. The topological polar surface area (TPSA) is 106 Å². The van der Waals surface area contributed by atoms with Gasteiger partial charge >= 0.3 is 5.97 Å². The number of aryl methyl sites for hydroxylation is 1. The second-order valence-corrected chi connectivity index (χ2v) is 8.81. The fraction of sp³-hybridized carbons (Fsp3) is 0.161. The molecule has 0 aliphatic rings. The summed E-state index contributed by atoms with van der Waals surface area (Å²) in [4.78, 5) is 37.5. The molecule has 8 nitrogen and oxygen atoms in total. The summed E-state index contributed by atoms with van der Waals surface area (Å²) in [5.41, 5.74) is 4.72. The molecule has 0 aromatic heterocycles. The number of esters is 1. The maximum absolute atomic E-state index is 12.8. The molecular formula is C31H29N3O5. The summed E-state index contributed by atoms with van der Waals surface area (Å²) in [5.74, 6) is -0.423. The second kappa shape index (κ2) is 13.0. The number of fused-ring (bicyclic) bond motifs is 1. The number of benzene rings is 4. The third kappa shape index (κ3) is 7.29. The van der Waals surface area contributed by atoms with Crippen molar-refractivity contribution in [1.82, 2.24) is 10.7 Å². The Morgan fingerprint density at radius 3 is 2.46 bits per heavy atom. The van der Waals surface area contributed by atoms with E-state index >= 15 is 0 Å². The summed E-state index contributed by atoms with van der Waals surface area (Å²) in [7, 11) is 0. The summed E-state index contributed by atoms with van der Waals surface area (Å²) in [6.45, 7) is 4.24. The molecule has 4 aromatic carbocycles. The molecule has 39 heavy (non-hydrogen) atoms. The quantitative estimate of drug-likeness (QED) is 0.131. The van der Waals surface area contributed by atoms with Crippen LogP contribution in [0.15, 0.2) is 90.0 Å². The van der Waals surface area contributed by atoms with E-state index < -0.39 is 17.8 Å². The molecule has 0 heterocycles. The van der Waals surface area contributed by atoms with E-state index in [2.05, 4.69) is 15.8 Å². The highest BCUT2D eigenvalue weighted by Crippen LogP contribution is 2.27. The Labute approximate surface area is 226 Å². The van der Waals surface area contributed by atoms with Crippen molar-refractivity contribution in [3.8, 4) is 11.5 Å². The van der Waals surface area contributed by atoms with Gasteiger partial charge in [0.15, 0.2) is 0 Å². The lowest BCUT2D eigenvalue weighted by atomic mass is 10.0. The molecule has 0 aliphatic carbocycles. The lowest BCUT2D eigenvalue weighted by molar-refractivity contribution is -0.120. The van der Waals surface area contributed by atoms with Crippen LogP contribution < -0.4 is 20.2 Å².